The summed E-state index contributed by atoms with van der Waals surface area (Å²) < 4.78 is 24.1. The van der Waals surface area contributed by atoms with Crippen LogP contribution >= 0.6 is 0 Å². The fraction of sp³-hybridized carbons (Fsp3) is 0.417. The third-order valence-corrected chi connectivity index (χ3v) is 4.46. The second-order valence-corrected chi connectivity index (χ2v) is 6.39. The molecule has 0 aliphatic heterocycles. The smallest absolute Gasteiger partial charge is 0.179 e. The molecule has 1 rings (SSSR count). The van der Waals surface area contributed by atoms with E-state index >= 15 is 0 Å². The highest BCUT2D eigenvalue weighted by molar-refractivity contribution is 7.91. The molecule has 6 nitrogen and oxygen atoms in total. The van der Waals surface area contributed by atoms with Crippen LogP contribution in [0.25, 0.3) is 0 Å². The molecule has 0 aliphatic rings. The van der Waals surface area contributed by atoms with Crippen molar-refractivity contribution in [3.63, 3.8) is 0 Å². The van der Waals surface area contributed by atoms with Crippen molar-refractivity contribution in [2.75, 3.05) is 32.5 Å². The first-order chi connectivity index (χ1) is 8.86. The summed E-state index contributed by atoms with van der Waals surface area (Å²) in [4.78, 5) is 1.97. The third kappa shape index (κ3) is 4.62. The molecule has 1 aromatic rings. The molecule has 0 amide bonds. The second kappa shape index (κ2) is 6.65. The van der Waals surface area contributed by atoms with Crippen LogP contribution in [0.5, 0.6) is 0 Å². The number of hydrogen-bond acceptors (Lipinski definition) is 5. The summed E-state index contributed by atoms with van der Waals surface area (Å²) in [6.45, 7) is 0.806. The van der Waals surface area contributed by atoms with Crippen LogP contribution in [-0.2, 0) is 9.84 Å². The highest BCUT2D eigenvalue weighted by Crippen LogP contribution is 2.12. The summed E-state index contributed by atoms with van der Waals surface area (Å²) in [5.74, 6) is -0.102. The number of nitrogen functional groups attached to an aromatic ring is 1. The van der Waals surface area contributed by atoms with E-state index in [1.165, 1.54) is 24.3 Å². The molecule has 0 saturated heterocycles. The molecule has 0 aliphatic carbocycles. The van der Waals surface area contributed by atoms with E-state index in [-0.39, 0.29) is 23.1 Å². The molecule has 7 heteroatoms. The maximum absolute atomic E-state index is 12.0. The number of benzene rings is 1. The van der Waals surface area contributed by atoms with Gasteiger partial charge in [0.1, 0.15) is 5.84 Å². The van der Waals surface area contributed by atoms with Crippen molar-refractivity contribution in [2.24, 2.45) is 5.73 Å². The Morgan fingerprint density at radius 2 is 1.89 bits per heavy atom. The first-order valence-electron chi connectivity index (χ1n) is 5.83. The molecule has 0 heterocycles. The van der Waals surface area contributed by atoms with E-state index in [9.17, 15) is 8.42 Å². The van der Waals surface area contributed by atoms with E-state index in [1.54, 1.807) is 11.9 Å². The SMILES string of the molecule is CN(CCO)CCS(=O)(=O)c1ccc(C(=N)N)cc1. The highest BCUT2D eigenvalue weighted by atomic mass is 32.2. The fourth-order valence-corrected chi connectivity index (χ4v) is 2.86. The first kappa shape index (κ1) is 15.6. The maximum Gasteiger partial charge on any atom is 0.179 e. The molecule has 0 aromatic heterocycles. The van der Waals surface area contributed by atoms with Crippen LogP contribution < -0.4 is 5.73 Å². The van der Waals surface area contributed by atoms with Gasteiger partial charge in [-0.25, -0.2) is 8.42 Å². The number of rotatable bonds is 7. The number of aliphatic hydroxyl groups excluding tert-OH is 1. The van der Waals surface area contributed by atoms with E-state index in [1.807, 2.05) is 0 Å². The first-order valence-corrected chi connectivity index (χ1v) is 7.48. The van der Waals surface area contributed by atoms with Crippen LogP contribution in [0.2, 0.25) is 0 Å². The molecule has 0 bridgehead atoms. The van der Waals surface area contributed by atoms with Gasteiger partial charge in [0.25, 0.3) is 0 Å². The summed E-state index contributed by atoms with van der Waals surface area (Å²) in [5.41, 5.74) is 5.80. The van der Waals surface area contributed by atoms with Gasteiger partial charge in [-0.1, -0.05) is 12.1 Å². The molecule has 0 saturated carbocycles. The predicted octanol–water partition coefficient (Wildman–Crippen LogP) is -0.332. The van der Waals surface area contributed by atoms with Crippen molar-refractivity contribution in [1.82, 2.24) is 4.90 Å². The molecule has 1 aromatic carbocycles. The van der Waals surface area contributed by atoms with Crippen LogP contribution in [0.1, 0.15) is 5.56 Å². The monoisotopic (exact) mass is 285 g/mol. The van der Waals surface area contributed by atoms with E-state index in [0.29, 0.717) is 18.7 Å². The van der Waals surface area contributed by atoms with Gasteiger partial charge in [-0.3, -0.25) is 5.41 Å². The van der Waals surface area contributed by atoms with Crippen molar-refractivity contribution in [3.05, 3.63) is 29.8 Å². The quantitative estimate of drug-likeness (QED) is 0.469. The Morgan fingerprint density at radius 3 is 2.37 bits per heavy atom. The summed E-state index contributed by atoms with van der Waals surface area (Å²) in [6, 6.07) is 5.95. The highest BCUT2D eigenvalue weighted by Gasteiger charge is 2.15. The molecule has 0 unspecified atom stereocenters. The molecule has 0 spiro atoms. The van der Waals surface area contributed by atoms with Crippen molar-refractivity contribution in [2.45, 2.75) is 4.90 Å². The van der Waals surface area contributed by atoms with Gasteiger partial charge in [-0.05, 0) is 19.2 Å². The largest absolute Gasteiger partial charge is 0.395 e. The lowest BCUT2D eigenvalue weighted by atomic mass is 10.2. The number of amidine groups is 1. The number of hydrogen-bond donors (Lipinski definition) is 3. The summed E-state index contributed by atoms with van der Waals surface area (Å²) in [6.07, 6.45) is 0. The number of nitrogens with two attached hydrogens (primary N) is 1. The Morgan fingerprint density at radius 1 is 1.32 bits per heavy atom. The Hall–Kier alpha value is -1.44. The van der Waals surface area contributed by atoms with Crippen molar-refractivity contribution < 1.29 is 13.5 Å². The number of aliphatic hydroxyl groups is 1. The van der Waals surface area contributed by atoms with E-state index in [2.05, 4.69) is 0 Å². The average Bonchev–Trinajstić information content (AvgIpc) is 2.37. The zero-order valence-electron chi connectivity index (χ0n) is 10.8. The molecule has 4 N–H and O–H groups in total. The van der Waals surface area contributed by atoms with Crippen LogP contribution in [0.3, 0.4) is 0 Å². The molecule has 0 atom stereocenters. The predicted molar refractivity (Wildman–Crippen MR) is 74.1 cm³/mol. The van der Waals surface area contributed by atoms with E-state index in [0.717, 1.165) is 0 Å². The van der Waals surface area contributed by atoms with Gasteiger partial charge >= 0.3 is 0 Å². The molecule has 0 radical (unpaired) electrons. The van der Waals surface area contributed by atoms with E-state index < -0.39 is 9.84 Å². The lowest BCUT2D eigenvalue weighted by molar-refractivity contribution is 0.227. The standard InChI is InChI=1S/C12H19N3O3S/c1-15(6-8-16)7-9-19(17,18)11-4-2-10(3-5-11)12(13)14/h2-5,16H,6-9H2,1H3,(H3,13,14). The zero-order chi connectivity index (χ0) is 14.5. The Balaban J connectivity index is 2.74. The van der Waals surface area contributed by atoms with E-state index in [4.69, 9.17) is 16.2 Å². The molecule has 19 heavy (non-hydrogen) atoms. The van der Waals surface area contributed by atoms with Crippen molar-refractivity contribution >= 4 is 15.7 Å². The number of likely N-dealkylation sites (N-methyl/N-ethyl adjacent to an activating group) is 1. The van der Waals surface area contributed by atoms with Gasteiger partial charge in [-0.15, -0.1) is 0 Å². The van der Waals surface area contributed by atoms with Gasteiger partial charge in [-0.2, -0.15) is 0 Å². The van der Waals surface area contributed by atoms with Gasteiger partial charge in [0, 0.05) is 18.7 Å². The maximum atomic E-state index is 12.0. The number of nitrogens with zero attached hydrogens (tertiary/aromatic N) is 1. The summed E-state index contributed by atoms with van der Waals surface area (Å²) in [7, 11) is -1.60. The minimum absolute atomic E-state index is 0.00383. The lowest BCUT2D eigenvalue weighted by Crippen LogP contribution is -2.28. The minimum Gasteiger partial charge on any atom is -0.395 e. The summed E-state index contributed by atoms with van der Waals surface area (Å²) >= 11 is 0. The van der Waals surface area contributed by atoms with Crippen molar-refractivity contribution in [1.29, 1.82) is 5.41 Å². The lowest BCUT2D eigenvalue weighted by Gasteiger charge is -2.14. The van der Waals surface area contributed by atoms with Crippen LogP contribution in [0.15, 0.2) is 29.2 Å². The van der Waals surface area contributed by atoms with Gasteiger partial charge in [0.15, 0.2) is 9.84 Å². The fourth-order valence-electron chi connectivity index (χ4n) is 1.52. The average molecular weight is 285 g/mol. The van der Waals surface area contributed by atoms with Crippen LogP contribution in [0, 0.1) is 5.41 Å². The normalized spacial score (nSPS) is 11.7. The van der Waals surface area contributed by atoms with Crippen LogP contribution in [0.4, 0.5) is 0 Å². The Bertz CT molecular complexity index is 526. The second-order valence-electron chi connectivity index (χ2n) is 4.28. The molecule has 106 valence electrons. The molecular weight excluding hydrogens is 266 g/mol. The number of sulfone groups is 1. The molecular formula is C12H19N3O3S. The summed E-state index contributed by atoms with van der Waals surface area (Å²) in [5, 5.41) is 16.0. The zero-order valence-corrected chi connectivity index (χ0v) is 11.7. The van der Waals surface area contributed by atoms with Gasteiger partial charge < -0.3 is 15.7 Å². The minimum atomic E-state index is -3.35. The van der Waals surface area contributed by atoms with Crippen molar-refractivity contribution in [3.8, 4) is 0 Å². The van der Waals surface area contributed by atoms with Crippen LogP contribution in [-0.4, -0.2) is 56.8 Å². The topological polar surface area (TPSA) is 107 Å². The molecule has 0 fully saturated rings. The van der Waals surface area contributed by atoms with Gasteiger partial charge in [0.2, 0.25) is 0 Å². The number of nitrogens with one attached hydrogen (secondary N) is 1. The van der Waals surface area contributed by atoms with Gasteiger partial charge in [0.05, 0.1) is 17.3 Å². The Kier molecular flexibility index (Phi) is 5.46. The third-order valence-electron chi connectivity index (χ3n) is 2.75. The Labute approximate surface area is 113 Å².